The number of aliphatic hydroxyl groups excluding tert-OH is 3. The van der Waals surface area contributed by atoms with Gasteiger partial charge in [0.2, 0.25) is 0 Å². The third-order valence-electron chi connectivity index (χ3n) is 6.75. The standard InChI is InChI=1S/C18H19FO5S.C11H13FO3.CH4.4H2S/c1-12-2-6-15(7-3-12)25(21,22)23-11-16(20)18-8-4-13-10-14(19)5-9-17(13)24-18;12-8-2-4-10-7(5-8)1-3-11(15-10)9(14)6-13;;;;;/h2-3,5-7,9-10,16,18,20H,4,8,11H2,1H3;2,4-5,9,11,13-14H,1,3,6H2;1H4;4*1H2/t16-,18-;9-,11-;;;;;/m00...../s1. The molecule has 3 aromatic carbocycles. The zero-order valence-electron chi connectivity index (χ0n) is 23.9. The molecule has 0 bridgehead atoms. The molecule has 2 aliphatic heterocycles. The average molecular weight is 731 g/mol. The quantitative estimate of drug-likeness (QED) is 0.303. The molecule has 0 aromatic heterocycles. The highest BCUT2D eigenvalue weighted by molar-refractivity contribution is 7.86. The van der Waals surface area contributed by atoms with Crippen LogP contribution >= 0.6 is 54.0 Å². The SMILES string of the molecule is C.Cc1ccc(S(=O)(=O)OC[C@H](O)[C@@H]2CCc3cc(F)ccc3O2)cc1.OC[C@H](O)[C@@H]1CCc2cc(F)ccc2O1.S.S.S.S. The summed E-state index contributed by atoms with van der Waals surface area (Å²) in [5, 5.41) is 28.4. The molecule has 0 saturated carbocycles. The van der Waals surface area contributed by atoms with Gasteiger partial charge in [-0.05, 0) is 92.3 Å². The highest BCUT2D eigenvalue weighted by Crippen LogP contribution is 2.30. The topological polar surface area (TPSA) is 123 Å². The Kier molecular flexibility index (Phi) is 20.7. The number of benzene rings is 3. The lowest BCUT2D eigenvalue weighted by atomic mass is 9.99. The molecule has 45 heavy (non-hydrogen) atoms. The molecule has 0 unspecified atom stereocenters. The van der Waals surface area contributed by atoms with Crippen LogP contribution in [0.2, 0.25) is 0 Å². The van der Waals surface area contributed by atoms with Crippen LogP contribution < -0.4 is 9.47 Å². The molecule has 2 aliphatic rings. The van der Waals surface area contributed by atoms with E-state index in [0.717, 1.165) is 16.7 Å². The summed E-state index contributed by atoms with van der Waals surface area (Å²) in [6.07, 6.45) is -0.737. The van der Waals surface area contributed by atoms with Gasteiger partial charge < -0.3 is 24.8 Å². The molecular weight excluding hydrogens is 687 g/mol. The fraction of sp³-hybridized carbons (Fsp3) is 0.400. The van der Waals surface area contributed by atoms with Gasteiger partial charge in [0.05, 0.1) is 18.1 Å². The van der Waals surface area contributed by atoms with Gasteiger partial charge in [-0.15, -0.1) is 0 Å². The molecule has 0 saturated heterocycles. The number of fused-ring (bicyclic) bond motifs is 2. The van der Waals surface area contributed by atoms with Gasteiger partial charge in [-0.25, -0.2) is 8.78 Å². The van der Waals surface area contributed by atoms with E-state index in [4.69, 9.17) is 18.8 Å². The Hall–Kier alpha value is -1.69. The van der Waals surface area contributed by atoms with Crippen LogP contribution in [0.1, 0.15) is 37.0 Å². The molecule has 3 aromatic rings. The van der Waals surface area contributed by atoms with E-state index in [1.165, 1.54) is 42.5 Å². The van der Waals surface area contributed by atoms with E-state index < -0.39 is 41.1 Å². The van der Waals surface area contributed by atoms with Gasteiger partial charge in [0, 0.05) is 0 Å². The van der Waals surface area contributed by atoms with E-state index in [1.54, 1.807) is 18.2 Å². The van der Waals surface area contributed by atoms with Gasteiger partial charge in [-0.3, -0.25) is 4.18 Å². The van der Waals surface area contributed by atoms with Gasteiger partial charge in [-0.1, -0.05) is 25.1 Å². The van der Waals surface area contributed by atoms with Crippen molar-refractivity contribution in [1.29, 1.82) is 0 Å². The van der Waals surface area contributed by atoms with Crippen molar-refractivity contribution < 1.29 is 46.2 Å². The van der Waals surface area contributed by atoms with Gasteiger partial charge in [0.15, 0.2) is 0 Å². The molecule has 8 nitrogen and oxygen atoms in total. The Bertz CT molecular complexity index is 1410. The molecule has 0 aliphatic carbocycles. The molecule has 4 atom stereocenters. The molecule has 0 amide bonds. The number of rotatable bonds is 7. The Balaban J connectivity index is 0. The summed E-state index contributed by atoms with van der Waals surface area (Å²) >= 11 is 0. The minimum absolute atomic E-state index is 0. The summed E-state index contributed by atoms with van der Waals surface area (Å²) < 4.78 is 66.4. The van der Waals surface area contributed by atoms with E-state index in [0.29, 0.717) is 37.2 Å². The van der Waals surface area contributed by atoms with Crippen molar-refractivity contribution in [2.24, 2.45) is 0 Å². The Morgan fingerprint density at radius 3 is 1.69 bits per heavy atom. The van der Waals surface area contributed by atoms with Crippen molar-refractivity contribution in [3.05, 3.63) is 89.0 Å². The van der Waals surface area contributed by atoms with E-state index in [9.17, 15) is 27.4 Å². The van der Waals surface area contributed by atoms with Crippen molar-refractivity contribution in [3.63, 3.8) is 0 Å². The number of ether oxygens (including phenoxy) is 2. The first-order chi connectivity index (χ1) is 19.1. The molecular formula is C30H44F2O8S5. The number of hydrogen-bond acceptors (Lipinski definition) is 8. The predicted octanol–water partition coefficient (Wildman–Crippen LogP) is 4.55. The zero-order chi connectivity index (χ0) is 28.9. The lowest BCUT2D eigenvalue weighted by Gasteiger charge is -2.29. The Labute approximate surface area is 292 Å². The Morgan fingerprint density at radius 1 is 0.800 bits per heavy atom. The molecule has 5 rings (SSSR count). The van der Waals surface area contributed by atoms with Gasteiger partial charge in [0.25, 0.3) is 10.1 Å². The maximum Gasteiger partial charge on any atom is 0.297 e. The summed E-state index contributed by atoms with van der Waals surface area (Å²) in [5.41, 5.74) is 2.48. The number of aliphatic hydroxyl groups is 3. The van der Waals surface area contributed by atoms with Gasteiger partial charge in [-0.2, -0.15) is 62.4 Å². The second-order valence-electron chi connectivity index (χ2n) is 9.76. The molecule has 2 heterocycles. The monoisotopic (exact) mass is 730 g/mol. The molecule has 0 radical (unpaired) electrons. The van der Waals surface area contributed by atoms with Crippen LogP contribution in [-0.2, 0) is 27.1 Å². The summed E-state index contributed by atoms with van der Waals surface area (Å²) in [4.78, 5) is 0.0377. The first-order valence-electron chi connectivity index (χ1n) is 12.9. The van der Waals surface area contributed by atoms with Crippen molar-refractivity contribution in [1.82, 2.24) is 0 Å². The second kappa shape index (κ2) is 20.5. The summed E-state index contributed by atoms with van der Waals surface area (Å²) in [5.74, 6) is 0.477. The Morgan fingerprint density at radius 2 is 1.24 bits per heavy atom. The van der Waals surface area contributed by atoms with Crippen LogP contribution in [0.3, 0.4) is 0 Å². The fourth-order valence-electron chi connectivity index (χ4n) is 4.46. The lowest BCUT2D eigenvalue weighted by molar-refractivity contribution is -0.00965. The zero-order valence-corrected chi connectivity index (χ0v) is 28.7. The second-order valence-corrected chi connectivity index (χ2v) is 11.4. The van der Waals surface area contributed by atoms with Crippen LogP contribution in [0.4, 0.5) is 8.78 Å². The highest BCUT2D eigenvalue weighted by atomic mass is 32.2. The minimum atomic E-state index is -3.94. The van der Waals surface area contributed by atoms with E-state index in [-0.39, 0.29) is 84.5 Å². The van der Waals surface area contributed by atoms with Crippen LogP contribution in [0.25, 0.3) is 0 Å². The smallest absolute Gasteiger partial charge is 0.297 e. The fourth-order valence-corrected chi connectivity index (χ4v) is 5.38. The van der Waals surface area contributed by atoms with Gasteiger partial charge in [0.1, 0.15) is 47.5 Å². The maximum atomic E-state index is 13.2. The average Bonchev–Trinajstić information content (AvgIpc) is 2.95. The van der Waals surface area contributed by atoms with Crippen LogP contribution in [0.5, 0.6) is 11.5 Å². The maximum absolute atomic E-state index is 13.2. The molecule has 0 spiro atoms. The summed E-state index contributed by atoms with van der Waals surface area (Å²) in [7, 11) is -3.94. The minimum Gasteiger partial charge on any atom is -0.487 e. The summed E-state index contributed by atoms with van der Waals surface area (Å²) in [6.45, 7) is 1.13. The third kappa shape index (κ3) is 12.5. The van der Waals surface area contributed by atoms with Crippen molar-refractivity contribution >= 4 is 64.1 Å². The molecule has 3 N–H and O–H groups in total. The van der Waals surface area contributed by atoms with Crippen molar-refractivity contribution in [2.75, 3.05) is 13.2 Å². The normalized spacial score (nSPS) is 17.4. The highest BCUT2D eigenvalue weighted by Gasteiger charge is 2.29. The third-order valence-corrected chi connectivity index (χ3v) is 8.04. The van der Waals surface area contributed by atoms with Crippen LogP contribution in [0.15, 0.2) is 65.6 Å². The molecule has 256 valence electrons. The van der Waals surface area contributed by atoms with Crippen molar-refractivity contribution in [3.8, 4) is 11.5 Å². The van der Waals surface area contributed by atoms with E-state index in [2.05, 4.69) is 0 Å². The first-order valence-corrected chi connectivity index (χ1v) is 14.3. The van der Waals surface area contributed by atoms with E-state index in [1.807, 2.05) is 6.92 Å². The van der Waals surface area contributed by atoms with Crippen molar-refractivity contribution in [2.45, 2.75) is 69.3 Å². The van der Waals surface area contributed by atoms with Gasteiger partial charge >= 0.3 is 0 Å². The number of hydrogen-bond donors (Lipinski definition) is 3. The predicted molar refractivity (Wildman–Crippen MR) is 190 cm³/mol. The van der Waals surface area contributed by atoms with E-state index >= 15 is 0 Å². The molecule has 15 heteroatoms. The largest absolute Gasteiger partial charge is 0.487 e. The number of halogens is 2. The summed E-state index contributed by atoms with van der Waals surface area (Å²) in [6, 6.07) is 14.8. The van der Waals surface area contributed by atoms with Crippen LogP contribution in [-0.4, -0.2) is 61.4 Å². The first kappa shape index (κ1) is 45.4. The lowest BCUT2D eigenvalue weighted by Crippen LogP contribution is -2.38. The number of aryl methyl sites for hydroxylation is 3. The van der Waals surface area contributed by atoms with Crippen LogP contribution in [0, 0.1) is 18.6 Å². The molecule has 0 fully saturated rings.